The molecule has 0 saturated carbocycles. The number of anilines is 1. The van der Waals surface area contributed by atoms with Gasteiger partial charge in [0, 0.05) is 23.5 Å². The molecule has 0 amide bonds. The fourth-order valence-electron chi connectivity index (χ4n) is 1.31. The van der Waals surface area contributed by atoms with Crippen LogP contribution in [-0.4, -0.2) is 12.3 Å². The molecular weight excluding hydrogens is 160 g/mol. The molecule has 0 aliphatic heterocycles. The first-order valence-electron chi connectivity index (χ1n) is 4.55. The van der Waals surface area contributed by atoms with Gasteiger partial charge in [0.25, 0.3) is 0 Å². The molecule has 0 radical (unpaired) electrons. The van der Waals surface area contributed by atoms with Gasteiger partial charge in [-0.3, -0.25) is 0 Å². The van der Waals surface area contributed by atoms with Gasteiger partial charge >= 0.3 is 0 Å². The largest absolute Gasteiger partial charge is 0.385 e. The Hall–Kier alpha value is -1.31. The summed E-state index contributed by atoms with van der Waals surface area (Å²) in [5, 5.41) is 10.9. The Balaban J connectivity index is 3.10. The molecule has 0 heterocycles. The predicted octanol–water partition coefficient (Wildman–Crippen LogP) is 2.81. The van der Waals surface area contributed by atoms with Crippen LogP contribution < -0.4 is 5.32 Å². The minimum absolute atomic E-state index is 0.611. The Morgan fingerprint density at radius 1 is 1.46 bits per heavy atom. The summed E-state index contributed by atoms with van der Waals surface area (Å²) < 4.78 is 0. The summed E-state index contributed by atoms with van der Waals surface area (Å²) in [6.45, 7) is 6.81. The van der Waals surface area contributed by atoms with Crippen LogP contribution in [-0.2, 0) is 0 Å². The number of hydrogen-bond donors (Lipinski definition) is 2. The Bertz CT molecular complexity index is 316. The normalized spacial score (nSPS) is 9.77. The molecule has 0 atom stereocenters. The maximum atomic E-state index is 7.61. The first-order valence-corrected chi connectivity index (χ1v) is 4.55. The monoisotopic (exact) mass is 176 g/mol. The molecule has 0 bridgehead atoms. The SMILES string of the molecule is CCNc1ccc(C)cc1C(C)=N. The summed E-state index contributed by atoms with van der Waals surface area (Å²) in [5.41, 5.74) is 3.87. The molecule has 0 aromatic heterocycles. The molecule has 70 valence electrons. The van der Waals surface area contributed by atoms with Crippen molar-refractivity contribution in [3.8, 4) is 0 Å². The van der Waals surface area contributed by atoms with Crippen molar-refractivity contribution < 1.29 is 0 Å². The third kappa shape index (κ3) is 2.31. The summed E-state index contributed by atoms with van der Waals surface area (Å²) in [4.78, 5) is 0. The molecule has 13 heavy (non-hydrogen) atoms. The fourth-order valence-corrected chi connectivity index (χ4v) is 1.31. The van der Waals surface area contributed by atoms with Crippen LogP contribution >= 0.6 is 0 Å². The highest BCUT2D eigenvalue weighted by molar-refractivity contribution is 6.01. The molecule has 1 aromatic rings. The summed E-state index contributed by atoms with van der Waals surface area (Å²) in [5.74, 6) is 0. The van der Waals surface area contributed by atoms with Crippen molar-refractivity contribution in [1.82, 2.24) is 0 Å². The van der Waals surface area contributed by atoms with Crippen LogP contribution in [0.3, 0.4) is 0 Å². The van der Waals surface area contributed by atoms with E-state index in [4.69, 9.17) is 5.41 Å². The Morgan fingerprint density at radius 2 is 2.15 bits per heavy atom. The van der Waals surface area contributed by atoms with Crippen molar-refractivity contribution in [2.45, 2.75) is 20.8 Å². The molecule has 0 saturated heterocycles. The highest BCUT2D eigenvalue weighted by atomic mass is 14.9. The molecule has 0 aliphatic rings. The highest BCUT2D eigenvalue weighted by Gasteiger charge is 2.02. The third-order valence-electron chi connectivity index (χ3n) is 1.95. The molecule has 1 aromatic carbocycles. The summed E-state index contributed by atoms with van der Waals surface area (Å²) in [6, 6.07) is 6.14. The number of aryl methyl sites for hydroxylation is 1. The first-order chi connectivity index (χ1) is 6.15. The lowest BCUT2D eigenvalue weighted by molar-refractivity contribution is 1.20. The van der Waals surface area contributed by atoms with E-state index in [1.165, 1.54) is 5.56 Å². The van der Waals surface area contributed by atoms with Gasteiger partial charge in [0.05, 0.1) is 0 Å². The van der Waals surface area contributed by atoms with Gasteiger partial charge in [-0.1, -0.05) is 11.6 Å². The minimum Gasteiger partial charge on any atom is -0.385 e. The lowest BCUT2D eigenvalue weighted by Crippen LogP contribution is -2.04. The molecule has 0 fully saturated rings. The van der Waals surface area contributed by atoms with Crippen molar-refractivity contribution in [3.05, 3.63) is 29.3 Å². The summed E-state index contributed by atoms with van der Waals surface area (Å²) >= 11 is 0. The van der Waals surface area contributed by atoms with Crippen LogP contribution in [0.15, 0.2) is 18.2 Å². The van der Waals surface area contributed by atoms with Crippen molar-refractivity contribution in [2.24, 2.45) is 0 Å². The van der Waals surface area contributed by atoms with E-state index >= 15 is 0 Å². The van der Waals surface area contributed by atoms with Gasteiger partial charge in [0.15, 0.2) is 0 Å². The molecule has 2 heteroatoms. The number of rotatable bonds is 3. The van der Waals surface area contributed by atoms with E-state index in [0.717, 1.165) is 17.8 Å². The highest BCUT2D eigenvalue weighted by Crippen LogP contribution is 2.17. The second-order valence-electron chi connectivity index (χ2n) is 3.20. The lowest BCUT2D eigenvalue weighted by atomic mass is 10.1. The van der Waals surface area contributed by atoms with E-state index in [2.05, 4.69) is 18.3 Å². The molecule has 0 spiro atoms. The second-order valence-corrected chi connectivity index (χ2v) is 3.20. The van der Waals surface area contributed by atoms with E-state index in [9.17, 15) is 0 Å². The van der Waals surface area contributed by atoms with Crippen LogP contribution in [0.5, 0.6) is 0 Å². The smallest absolute Gasteiger partial charge is 0.0431 e. The predicted molar refractivity (Wildman–Crippen MR) is 57.8 cm³/mol. The van der Waals surface area contributed by atoms with Gasteiger partial charge in [-0.15, -0.1) is 0 Å². The average Bonchev–Trinajstić information content (AvgIpc) is 2.08. The maximum Gasteiger partial charge on any atom is 0.0431 e. The molecule has 0 unspecified atom stereocenters. The molecule has 2 N–H and O–H groups in total. The Kier molecular flexibility index (Phi) is 3.07. The van der Waals surface area contributed by atoms with Crippen molar-refractivity contribution in [3.63, 3.8) is 0 Å². The topological polar surface area (TPSA) is 35.9 Å². The van der Waals surface area contributed by atoms with E-state index in [-0.39, 0.29) is 0 Å². The Labute approximate surface area is 79.5 Å². The lowest BCUT2D eigenvalue weighted by Gasteiger charge is -2.10. The number of hydrogen-bond acceptors (Lipinski definition) is 2. The number of benzene rings is 1. The maximum absolute atomic E-state index is 7.61. The standard InChI is InChI=1S/C11H16N2/c1-4-13-11-6-5-8(2)7-10(11)9(3)12/h5-7,12-13H,4H2,1-3H3. The third-order valence-corrected chi connectivity index (χ3v) is 1.95. The molecule has 1 rings (SSSR count). The molecule has 2 nitrogen and oxygen atoms in total. The van der Waals surface area contributed by atoms with Crippen LogP contribution in [0, 0.1) is 12.3 Å². The van der Waals surface area contributed by atoms with Gasteiger partial charge < -0.3 is 10.7 Å². The zero-order valence-corrected chi connectivity index (χ0v) is 8.44. The average molecular weight is 176 g/mol. The molecular formula is C11H16N2. The van der Waals surface area contributed by atoms with Crippen molar-refractivity contribution in [1.29, 1.82) is 5.41 Å². The van der Waals surface area contributed by atoms with Gasteiger partial charge in [0.2, 0.25) is 0 Å². The zero-order chi connectivity index (χ0) is 9.84. The van der Waals surface area contributed by atoms with Crippen molar-refractivity contribution in [2.75, 3.05) is 11.9 Å². The van der Waals surface area contributed by atoms with Gasteiger partial charge in [0.1, 0.15) is 0 Å². The van der Waals surface area contributed by atoms with Crippen LogP contribution in [0.1, 0.15) is 25.0 Å². The van der Waals surface area contributed by atoms with E-state index in [0.29, 0.717) is 5.71 Å². The minimum atomic E-state index is 0.611. The van der Waals surface area contributed by atoms with Gasteiger partial charge in [-0.25, -0.2) is 0 Å². The summed E-state index contributed by atoms with van der Waals surface area (Å²) in [7, 11) is 0. The van der Waals surface area contributed by atoms with Crippen molar-refractivity contribution >= 4 is 11.4 Å². The number of nitrogens with one attached hydrogen (secondary N) is 2. The van der Waals surface area contributed by atoms with Crippen LogP contribution in [0.4, 0.5) is 5.69 Å². The van der Waals surface area contributed by atoms with Gasteiger partial charge in [-0.2, -0.15) is 0 Å². The van der Waals surface area contributed by atoms with E-state index in [1.807, 2.05) is 26.0 Å². The van der Waals surface area contributed by atoms with Gasteiger partial charge in [-0.05, 0) is 32.9 Å². The van der Waals surface area contributed by atoms with E-state index < -0.39 is 0 Å². The van der Waals surface area contributed by atoms with Crippen LogP contribution in [0.2, 0.25) is 0 Å². The van der Waals surface area contributed by atoms with E-state index in [1.54, 1.807) is 0 Å². The van der Waals surface area contributed by atoms with Crippen LogP contribution in [0.25, 0.3) is 0 Å². The molecule has 0 aliphatic carbocycles. The second kappa shape index (κ2) is 4.08. The fraction of sp³-hybridized carbons (Fsp3) is 0.364. The first kappa shape index (κ1) is 9.78. The summed E-state index contributed by atoms with van der Waals surface area (Å²) in [6.07, 6.45) is 0. The zero-order valence-electron chi connectivity index (χ0n) is 8.44. The Morgan fingerprint density at radius 3 is 2.69 bits per heavy atom. The quantitative estimate of drug-likeness (QED) is 0.682.